The van der Waals surface area contributed by atoms with Gasteiger partial charge in [-0.25, -0.2) is 4.98 Å². The van der Waals surface area contributed by atoms with Crippen LogP contribution in [0.4, 0.5) is 0 Å². The fraction of sp³-hybridized carbons (Fsp3) is 0.769. The maximum atomic E-state index is 4.25. The molecule has 0 radical (unpaired) electrons. The van der Waals surface area contributed by atoms with Gasteiger partial charge >= 0.3 is 0 Å². The van der Waals surface area contributed by atoms with Crippen LogP contribution in [0.5, 0.6) is 0 Å². The van der Waals surface area contributed by atoms with Crippen LogP contribution >= 0.6 is 0 Å². The minimum absolute atomic E-state index is 0.576. The van der Waals surface area contributed by atoms with Crippen LogP contribution in [0.1, 0.15) is 51.8 Å². The van der Waals surface area contributed by atoms with Crippen molar-refractivity contribution in [3.05, 3.63) is 18.2 Å². The van der Waals surface area contributed by atoms with E-state index in [1.807, 2.05) is 12.5 Å². The highest BCUT2D eigenvalue weighted by Gasteiger charge is 2.25. The molecule has 3 heteroatoms. The predicted molar refractivity (Wildman–Crippen MR) is 66.3 cm³/mol. The van der Waals surface area contributed by atoms with Crippen molar-refractivity contribution >= 4 is 0 Å². The van der Waals surface area contributed by atoms with Crippen molar-refractivity contribution in [2.45, 2.75) is 58.7 Å². The summed E-state index contributed by atoms with van der Waals surface area (Å²) < 4.78 is 2.33. The first-order valence-corrected chi connectivity index (χ1v) is 6.46. The third-order valence-corrected chi connectivity index (χ3v) is 3.79. The second-order valence-corrected chi connectivity index (χ2v) is 5.08. The molecule has 1 heterocycles. The average Bonchev–Trinajstić information content (AvgIpc) is 3.04. The molecule has 1 saturated carbocycles. The lowest BCUT2D eigenvalue weighted by Gasteiger charge is -2.20. The van der Waals surface area contributed by atoms with E-state index in [1.54, 1.807) is 0 Å². The molecule has 1 aromatic rings. The van der Waals surface area contributed by atoms with E-state index in [2.05, 4.69) is 35.6 Å². The molecule has 3 nitrogen and oxygen atoms in total. The molecule has 0 bridgehead atoms. The van der Waals surface area contributed by atoms with Gasteiger partial charge < -0.3 is 9.88 Å². The van der Waals surface area contributed by atoms with E-state index in [0.29, 0.717) is 6.04 Å². The summed E-state index contributed by atoms with van der Waals surface area (Å²) in [7, 11) is 0. The number of nitrogens with one attached hydrogen (secondary N) is 1. The van der Waals surface area contributed by atoms with E-state index in [1.165, 1.54) is 25.0 Å². The first-order valence-electron chi connectivity index (χ1n) is 6.46. The number of hydrogen-bond donors (Lipinski definition) is 1. The van der Waals surface area contributed by atoms with Crippen molar-refractivity contribution < 1.29 is 0 Å². The molecule has 2 rings (SSSR count). The van der Waals surface area contributed by atoms with Crippen LogP contribution in [0.2, 0.25) is 0 Å². The Bertz CT molecular complexity index is 328. The van der Waals surface area contributed by atoms with E-state index in [-0.39, 0.29) is 0 Å². The summed E-state index contributed by atoms with van der Waals surface area (Å²) in [5.74, 6) is 0.734. The highest BCUT2D eigenvalue weighted by molar-refractivity contribution is 5.03. The second-order valence-electron chi connectivity index (χ2n) is 5.08. The molecule has 1 aromatic heterocycles. The van der Waals surface area contributed by atoms with Crippen molar-refractivity contribution in [3.8, 4) is 0 Å². The molecule has 0 aliphatic heterocycles. The summed E-state index contributed by atoms with van der Waals surface area (Å²) in [5, 5.41) is 3.60. The van der Waals surface area contributed by atoms with Gasteiger partial charge in [0.15, 0.2) is 0 Å². The largest absolute Gasteiger partial charge is 0.330 e. The zero-order chi connectivity index (χ0) is 11.5. The molecular formula is C13H23N3. The molecule has 16 heavy (non-hydrogen) atoms. The SMILES string of the molecule is CCC(C)C(C)NCc1cncn1C1CC1. The molecular weight excluding hydrogens is 198 g/mol. The average molecular weight is 221 g/mol. The first-order chi connectivity index (χ1) is 7.72. The normalized spacial score (nSPS) is 19.7. The quantitative estimate of drug-likeness (QED) is 0.800. The Morgan fingerprint density at radius 1 is 1.50 bits per heavy atom. The maximum Gasteiger partial charge on any atom is 0.0951 e. The Kier molecular flexibility index (Phi) is 3.64. The Balaban J connectivity index is 1.86. The predicted octanol–water partition coefficient (Wildman–Crippen LogP) is 2.74. The highest BCUT2D eigenvalue weighted by atomic mass is 15.1. The van der Waals surface area contributed by atoms with Gasteiger partial charge in [-0.1, -0.05) is 20.3 Å². The van der Waals surface area contributed by atoms with Gasteiger partial charge in [0, 0.05) is 24.8 Å². The van der Waals surface area contributed by atoms with Crippen LogP contribution in [0.3, 0.4) is 0 Å². The number of rotatable bonds is 6. The Hall–Kier alpha value is -0.830. The van der Waals surface area contributed by atoms with Crippen molar-refractivity contribution in [2.24, 2.45) is 5.92 Å². The summed E-state index contributed by atoms with van der Waals surface area (Å²) in [6.07, 6.45) is 7.85. The zero-order valence-corrected chi connectivity index (χ0v) is 10.6. The number of hydrogen-bond acceptors (Lipinski definition) is 2. The number of aromatic nitrogens is 2. The molecule has 1 fully saturated rings. The first kappa shape index (κ1) is 11.6. The van der Waals surface area contributed by atoms with E-state index < -0.39 is 0 Å². The Morgan fingerprint density at radius 3 is 2.88 bits per heavy atom. The number of imidazole rings is 1. The molecule has 90 valence electrons. The molecule has 0 amide bonds. The number of nitrogens with zero attached hydrogens (tertiary/aromatic N) is 2. The Morgan fingerprint density at radius 2 is 2.25 bits per heavy atom. The maximum absolute atomic E-state index is 4.25. The van der Waals surface area contributed by atoms with Crippen LogP contribution in [0.25, 0.3) is 0 Å². The third kappa shape index (κ3) is 2.64. The van der Waals surface area contributed by atoms with Crippen molar-refractivity contribution in [3.63, 3.8) is 0 Å². The summed E-state index contributed by atoms with van der Waals surface area (Å²) in [6.45, 7) is 7.77. The molecule has 1 aliphatic carbocycles. The summed E-state index contributed by atoms with van der Waals surface area (Å²) in [6, 6.07) is 1.31. The lowest BCUT2D eigenvalue weighted by Crippen LogP contribution is -2.31. The van der Waals surface area contributed by atoms with Gasteiger partial charge in [0.1, 0.15) is 0 Å². The monoisotopic (exact) mass is 221 g/mol. The van der Waals surface area contributed by atoms with Crippen LogP contribution in [-0.2, 0) is 6.54 Å². The minimum Gasteiger partial charge on any atom is -0.330 e. The lowest BCUT2D eigenvalue weighted by molar-refractivity contribution is 0.385. The van der Waals surface area contributed by atoms with E-state index in [9.17, 15) is 0 Å². The van der Waals surface area contributed by atoms with Crippen LogP contribution in [-0.4, -0.2) is 15.6 Å². The zero-order valence-electron chi connectivity index (χ0n) is 10.6. The van der Waals surface area contributed by atoms with E-state index in [0.717, 1.165) is 18.5 Å². The van der Waals surface area contributed by atoms with Gasteiger partial charge in [0.2, 0.25) is 0 Å². The summed E-state index contributed by atoms with van der Waals surface area (Å²) in [4.78, 5) is 4.25. The topological polar surface area (TPSA) is 29.9 Å². The Labute approximate surface area is 98.3 Å². The lowest BCUT2D eigenvalue weighted by atomic mass is 10.0. The van der Waals surface area contributed by atoms with Gasteiger partial charge in [-0.15, -0.1) is 0 Å². The van der Waals surface area contributed by atoms with Crippen LogP contribution in [0, 0.1) is 5.92 Å². The van der Waals surface area contributed by atoms with E-state index >= 15 is 0 Å². The fourth-order valence-electron chi connectivity index (χ4n) is 1.97. The standard InChI is InChI=1S/C13H23N3/c1-4-10(2)11(3)15-8-13-7-14-9-16(13)12-5-6-12/h7,9-12,15H,4-6,8H2,1-3H3. The third-order valence-electron chi connectivity index (χ3n) is 3.79. The molecule has 2 unspecified atom stereocenters. The van der Waals surface area contributed by atoms with Crippen LogP contribution < -0.4 is 5.32 Å². The van der Waals surface area contributed by atoms with Crippen molar-refractivity contribution in [1.29, 1.82) is 0 Å². The van der Waals surface area contributed by atoms with Gasteiger partial charge in [-0.2, -0.15) is 0 Å². The fourth-order valence-corrected chi connectivity index (χ4v) is 1.97. The van der Waals surface area contributed by atoms with Crippen LogP contribution in [0.15, 0.2) is 12.5 Å². The van der Waals surface area contributed by atoms with Gasteiger partial charge in [-0.3, -0.25) is 0 Å². The van der Waals surface area contributed by atoms with E-state index in [4.69, 9.17) is 0 Å². The van der Waals surface area contributed by atoms with Gasteiger partial charge in [-0.05, 0) is 25.7 Å². The molecule has 2 atom stereocenters. The molecule has 0 saturated heterocycles. The molecule has 0 aromatic carbocycles. The smallest absolute Gasteiger partial charge is 0.0951 e. The second kappa shape index (κ2) is 5.00. The summed E-state index contributed by atoms with van der Waals surface area (Å²) in [5.41, 5.74) is 1.33. The molecule has 1 aliphatic rings. The molecule has 1 N–H and O–H groups in total. The van der Waals surface area contributed by atoms with Crippen molar-refractivity contribution in [1.82, 2.24) is 14.9 Å². The summed E-state index contributed by atoms with van der Waals surface area (Å²) >= 11 is 0. The van der Waals surface area contributed by atoms with Gasteiger partial charge in [0.25, 0.3) is 0 Å². The van der Waals surface area contributed by atoms with Crippen molar-refractivity contribution in [2.75, 3.05) is 0 Å². The minimum atomic E-state index is 0.576. The highest BCUT2D eigenvalue weighted by Crippen LogP contribution is 2.35. The van der Waals surface area contributed by atoms with Gasteiger partial charge in [0.05, 0.1) is 12.0 Å². The molecule has 0 spiro atoms.